The maximum atomic E-state index is 6.85. The minimum absolute atomic E-state index is 0.687. The highest BCUT2D eigenvalue weighted by molar-refractivity contribution is 6.32. The van der Waals surface area contributed by atoms with Crippen molar-refractivity contribution in [3.05, 3.63) is 118 Å². The van der Waals surface area contributed by atoms with E-state index in [1.54, 1.807) is 0 Å². The van der Waals surface area contributed by atoms with Crippen molar-refractivity contribution in [1.29, 1.82) is 0 Å². The first kappa shape index (κ1) is 28.3. The lowest BCUT2D eigenvalue weighted by molar-refractivity contribution is 0.152. The standard InChI is InChI=1S/C36H42ClN3/c1-5-26(4)36(39-34(6-2)27-11-8-7-9-12-27)32-23-29(17-20-33(32)37)38-35-14-10-13-28-24-40(22-21-31(28)35)30-18-15-25(3)16-19-30/h6-14,17,20,23,30,38-39H,3,5,15-16,18-19,21-22,24H2,1-2,4H3/b34-6-,36-26?. The highest BCUT2D eigenvalue weighted by atomic mass is 35.5. The van der Waals surface area contributed by atoms with Gasteiger partial charge in [0.25, 0.3) is 0 Å². The minimum Gasteiger partial charge on any atom is -0.355 e. The van der Waals surface area contributed by atoms with Crippen molar-refractivity contribution in [3.8, 4) is 0 Å². The lowest BCUT2D eigenvalue weighted by atomic mass is 9.88. The molecule has 3 aromatic rings. The number of anilines is 2. The second kappa shape index (κ2) is 12.9. The first-order valence-electron chi connectivity index (χ1n) is 14.7. The quantitative estimate of drug-likeness (QED) is 0.273. The van der Waals surface area contributed by atoms with Crippen LogP contribution in [0.5, 0.6) is 0 Å². The number of nitrogens with zero attached hydrogens (tertiary/aromatic N) is 1. The van der Waals surface area contributed by atoms with Gasteiger partial charge in [0.2, 0.25) is 0 Å². The van der Waals surface area contributed by atoms with Crippen LogP contribution in [0.2, 0.25) is 5.02 Å². The van der Waals surface area contributed by atoms with Gasteiger partial charge in [-0.2, -0.15) is 0 Å². The number of benzene rings is 3. The Morgan fingerprint density at radius 1 is 1.02 bits per heavy atom. The third-order valence-corrected chi connectivity index (χ3v) is 8.91. The van der Waals surface area contributed by atoms with Crippen molar-refractivity contribution in [2.24, 2.45) is 0 Å². The van der Waals surface area contributed by atoms with Gasteiger partial charge in [-0.1, -0.05) is 79.2 Å². The smallest absolute Gasteiger partial charge is 0.0500 e. The highest BCUT2D eigenvalue weighted by Gasteiger charge is 2.27. The molecule has 3 aromatic carbocycles. The molecule has 0 bridgehead atoms. The lowest BCUT2D eigenvalue weighted by Gasteiger charge is -2.38. The van der Waals surface area contributed by atoms with Crippen LogP contribution >= 0.6 is 11.6 Å². The van der Waals surface area contributed by atoms with E-state index in [0.717, 1.165) is 59.2 Å². The van der Waals surface area contributed by atoms with Gasteiger partial charge < -0.3 is 10.6 Å². The third-order valence-electron chi connectivity index (χ3n) is 8.58. The second-order valence-electron chi connectivity index (χ2n) is 11.2. The average Bonchev–Trinajstić information content (AvgIpc) is 2.99. The molecule has 0 amide bonds. The molecule has 0 spiro atoms. The van der Waals surface area contributed by atoms with Gasteiger partial charge in [0.05, 0.1) is 5.02 Å². The SMILES string of the molecule is C=C1CCC(N2CCc3c(cccc3Nc3ccc(Cl)c(C(N/C(=C\C)c4ccccc4)=C(C)CC)c3)C2)CC1. The molecule has 2 aliphatic rings. The van der Waals surface area contributed by atoms with E-state index >= 15 is 0 Å². The fourth-order valence-corrected chi connectivity index (χ4v) is 6.24. The topological polar surface area (TPSA) is 27.3 Å². The molecule has 3 nitrogen and oxygen atoms in total. The summed E-state index contributed by atoms with van der Waals surface area (Å²) < 4.78 is 0. The normalized spacial score (nSPS) is 17.3. The van der Waals surface area contributed by atoms with Gasteiger partial charge in [0.15, 0.2) is 0 Å². The van der Waals surface area contributed by atoms with Gasteiger partial charge in [-0.3, -0.25) is 4.90 Å². The van der Waals surface area contributed by atoms with Crippen LogP contribution in [0.15, 0.2) is 90.5 Å². The zero-order valence-electron chi connectivity index (χ0n) is 24.2. The third kappa shape index (κ3) is 6.37. The van der Waals surface area contributed by atoms with Crippen LogP contribution in [0.4, 0.5) is 11.4 Å². The number of rotatable bonds is 8. The van der Waals surface area contributed by atoms with Gasteiger partial charge in [0, 0.05) is 47.5 Å². The molecule has 1 aliphatic carbocycles. The number of hydrogen-bond donors (Lipinski definition) is 2. The lowest BCUT2D eigenvalue weighted by Crippen LogP contribution is -2.40. The van der Waals surface area contributed by atoms with Crippen molar-refractivity contribution in [3.63, 3.8) is 0 Å². The molecule has 2 N–H and O–H groups in total. The second-order valence-corrected chi connectivity index (χ2v) is 11.6. The maximum absolute atomic E-state index is 6.85. The van der Waals surface area contributed by atoms with Crippen LogP contribution in [0.25, 0.3) is 11.4 Å². The Morgan fingerprint density at radius 3 is 2.52 bits per heavy atom. The van der Waals surface area contributed by atoms with E-state index in [4.69, 9.17) is 11.6 Å². The zero-order valence-corrected chi connectivity index (χ0v) is 25.0. The molecular formula is C36H42ClN3. The summed E-state index contributed by atoms with van der Waals surface area (Å²) in [6, 6.07) is 24.1. The van der Waals surface area contributed by atoms with Crippen molar-refractivity contribution >= 4 is 34.4 Å². The monoisotopic (exact) mass is 551 g/mol. The van der Waals surface area contributed by atoms with Crippen LogP contribution in [-0.4, -0.2) is 17.5 Å². The van der Waals surface area contributed by atoms with Gasteiger partial charge in [-0.05, 0) is 98.9 Å². The van der Waals surface area contributed by atoms with Crippen molar-refractivity contribution in [1.82, 2.24) is 10.2 Å². The summed E-state index contributed by atoms with van der Waals surface area (Å²) in [4.78, 5) is 2.70. The molecule has 5 rings (SSSR count). The Balaban J connectivity index is 1.39. The molecule has 208 valence electrons. The van der Waals surface area contributed by atoms with E-state index in [0.29, 0.717) is 6.04 Å². The van der Waals surface area contributed by atoms with Crippen molar-refractivity contribution < 1.29 is 0 Å². The molecule has 0 saturated heterocycles. The zero-order chi connectivity index (χ0) is 28.1. The summed E-state index contributed by atoms with van der Waals surface area (Å²) >= 11 is 6.85. The number of hydrogen-bond acceptors (Lipinski definition) is 3. The van der Waals surface area contributed by atoms with Crippen molar-refractivity contribution in [2.45, 2.75) is 71.9 Å². The number of allylic oxidation sites excluding steroid dienone is 3. The van der Waals surface area contributed by atoms with Crippen LogP contribution in [0.3, 0.4) is 0 Å². The molecule has 1 aliphatic heterocycles. The van der Waals surface area contributed by atoms with Gasteiger partial charge >= 0.3 is 0 Å². The predicted octanol–water partition coefficient (Wildman–Crippen LogP) is 9.73. The van der Waals surface area contributed by atoms with Gasteiger partial charge in [-0.15, -0.1) is 0 Å². The molecular weight excluding hydrogens is 510 g/mol. The Hall–Kier alpha value is -3.27. The first-order valence-corrected chi connectivity index (χ1v) is 15.1. The van der Waals surface area contributed by atoms with Crippen LogP contribution in [0, 0.1) is 0 Å². The summed E-state index contributed by atoms with van der Waals surface area (Å²) in [5.74, 6) is 0. The molecule has 40 heavy (non-hydrogen) atoms. The summed E-state index contributed by atoms with van der Waals surface area (Å²) in [5.41, 5.74) is 12.1. The average molecular weight is 552 g/mol. The first-order chi connectivity index (χ1) is 19.5. The van der Waals surface area contributed by atoms with Gasteiger partial charge in [-0.25, -0.2) is 0 Å². The summed E-state index contributed by atoms with van der Waals surface area (Å²) in [5, 5.41) is 8.22. The Labute approximate surface area is 245 Å². The molecule has 0 radical (unpaired) electrons. The summed E-state index contributed by atoms with van der Waals surface area (Å²) in [6.45, 7) is 12.8. The molecule has 4 heteroatoms. The summed E-state index contributed by atoms with van der Waals surface area (Å²) in [6.07, 6.45) is 8.98. The van der Waals surface area contributed by atoms with Crippen LogP contribution < -0.4 is 10.6 Å². The molecule has 0 atom stereocenters. The maximum Gasteiger partial charge on any atom is 0.0500 e. The molecule has 1 fully saturated rings. The largest absolute Gasteiger partial charge is 0.355 e. The molecule has 0 unspecified atom stereocenters. The molecule has 0 aromatic heterocycles. The fraction of sp³-hybridized carbons (Fsp3) is 0.333. The van der Waals surface area contributed by atoms with E-state index in [-0.39, 0.29) is 0 Å². The van der Waals surface area contributed by atoms with E-state index in [2.05, 4.69) is 104 Å². The molecule has 1 heterocycles. The van der Waals surface area contributed by atoms with E-state index in [1.807, 2.05) is 12.1 Å². The van der Waals surface area contributed by atoms with E-state index < -0.39 is 0 Å². The minimum atomic E-state index is 0.687. The molecule has 1 saturated carbocycles. The Bertz CT molecular complexity index is 1410. The van der Waals surface area contributed by atoms with Crippen molar-refractivity contribution in [2.75, 3.05) is 11.9 Å². The van der Waals surface area contributed by atoms with E-state index in [1.165, 1.54) is 53.6 Å². The number of nitrogens with one attached hydrogen (secondary N) is 2. The number of fused-ring (bicyclic) bond motifs is 1. The van der Waals surface area contributed by atoms with E-state index in [9.17, 15) is 0 Å². The Kier molecular flexibility index (Phi) is 9.14. The predicted molar refractivity (Wildman–Crippen MR) is 173 cm³/mol. The van der Waals surface area contributed by atoms with Crippen LogP contribution in [0.1, 0.15) is 75.1 Å². The fourth-order valence-electron chi connectivity index (χ4n) is 6.03. The Morgan fingerprint density at radius 2 is 1.80 bits per heavy atom. The van der Waals surface area contributed by atoms with Gasteiger partial charge in [0.1, 0.15) is 0 Å². The van der Waals surface area contributed by atoms with Crippen LogP contribution in [-0.2, 0) is 13.0 Å². The highest BCUT2D eigenvalue weighted by Crippen LogP contribution is 2.35. The number of halogens is 1. The summed E-state index contributed by atoms with van der Waals surface area (Å²) in [7, 11) is 0.